The van der Waals surface area contributed by atoms with Gasteiger partial charge in [0.2, 0.25) is 7.83 Å². The first-order chi connectivity index (χ1) is 7.26. The average Bonchev–Trinajstić information content (AvgIpc) is 2.16. The molecule has 0 atom stereocenters. The van der Waals surface area contributed by atoms with E-state index in [0.29, 0.717) is 0 Å². The highest BCUT2D eigenvalue weighted by atomic mass is 29.3. The first-order valence-corrected chi connectivity index (χ1v) is 13.1. The van der Waals surface area contributed by atoms with E-state index in [9.17, 15) is 0 Å². The van der Waals surface area contributed by atoms with Gasteiger partial charge in [-0.05, 0) is 30.8 Å². The lowest BCUT2D eigenvalue weighted by atomic mass is 10.2. The van der Waals surface area contributed by atoms with E-state index < -0.39 is 15.4 Å². The molecule has 0 amide bonds. The molecular formula is C13H22OSi2. The van der Waals surface area contributed by atoms with E-state index in [4.69, 9.17) is 4.43 Å². The molecule has 0 N–H and O–H groups in total. The van der Waals surface area contributed by atoms with Crippen molar-refractivity contribution in [1.82, 2.24) is 0 Å². The lowest BCUT2D eigenvalue weighted by Gasteiger charge is -2.35. The van der Waals surface area contributed by atoms with Crippen LogP contribution in [0.15, 0.2) is 30.8 Å². The molecule has 0 heterocycles. The first-order valence-electron chi connectivity index (χ1n) is 5.68. The monoisotopic (exact) mass is 250 g/mol. The maximum absolute atomic E-state index is 6.23. The van der Waals surface area contributed by atoms with Crippen LogP contribution in [0.2, 0.25) is 32.7 Å². The zero-order valence-corrected chi connectivity index (χ0v) is 13.0. The van der Waals surface area contributed by atoms with Crippen molar-refractivity contribution in [3.8, 4) is 5.75 Å². The van der Waals surface area contributed by atoms with Crippen molar-refractivity contribution in [3.05, 3.63) is 36.4 Å². The van der Waals surface area contributed by atoms with Gasteiger partial charge in [0.25, 0.3) is 0 Å². The fourth-order valence-electron chi connectivity index (χ4n) is 1.12. The highest BCUT2D eigenvalue weighted by Gasteiger charge is 2.40. The number of hydrogen-bond donors (Lipinski definition) is 0. The Morgan fingerprint density at radius 1 is 1.00 bits per heavy atom. The van der Waals surface area contributed by atoms with Crippen LogP contribution in [0, 0.1) is 0 Å². The largest absolute Gasteiger partial charge is 0.547 e. The molecule has 0 fully saturated rings. The van der Waals surface area contributed by atoms with Crippen molar-refractivity contribution in [2.75, 3.05) is 0 Å². The molecule has 0 saturated heterocycles. The Morgan fingerprint density at radius 2 is 1.50 bits per heavy atom. The van der Waals surface area contributed by atoms with Crippen LogP contribution in [0.3, 0.4) is 0 Å². The van der Waals surface area contributed by atoms with Crippen LogP contribution in [-0.2, 0) is 0 Å². The zero-order chi connectivity index (χ0) is 12.4. The molecule has 1 nitrogen and oxygen atoms in total. The maximum atomic E-state index is 6.23. The zero-order valence-electron chi connectivity index (χ0n) is 11.0. The second-order valence-electron chi connectivity index (χ2n) is 5.64. The molecule has 1 aromatic rings. The number of benzene rings is 1. The molecule has 1 rings (SSSR count). The Hall–Kier alpha value is -0.806. The minimum Gasteiger partial charge on any atom is -0.547 e. The standard InChI is InChI=1S/C13H22OSi2/c1-7-12-8-10-13(11-9-12)14-16(5,6)15(2,3)4/h7-11H,1H2,2-6H3. The Balaban J connectivity index is 2.84. The normalized spacial score (nSPS) is 12.3. The van der Waals surface area contributed by atoms with Crippen LogP contribution in [0.1, 0.15) is 5.56 Å². The Bertz CT molecular complexity index is 361. The minimum atomic E-state index is -1.56. The van der Waals surface area contributed by atoms with Crippen LogP contribution < -0.4 is 4.43 Å². The molecule has 0 aliphatic heterocycles. The first kappa shape index (κ1) is 13.3. The molecule has 1 aromatic carbocycles. The summed E-state index contributed by atoms with van der Waals surface area (Å²) >= 11 is 0. The van der Waals surface area contributed by atoms with Gasteiger partial charge in [-0.3, -0.25) is 0 Å². The quantitative estimate of drug-likeness (QED) is 0.723. The van der Waals surface area contributed by atoms with Gasteiger partial charge in [0.05, 0.1) is 7.59 Å². The van der Waals surface area contributed by atoms with E-state index >= 15 is 0 Å². The Morgan fingerprint density at radius 3 is 1.88 bits per heavy atom. The molecule has 0 saturated carbocycles. The highest BCUT2D eigenvalue weighted by Crippen LogP contribution is 2.24. The van der Waals surface area contributed by atoms with Gasteiger partial charge in [-0.15, -0.1) is 0 Å². The molecule has 0 aliphatic carbocycles. The van der Waals surface area contributed by atoms with Crippen molar-refractivity contribution in [1.29, 1.82) is 0 Å². The molecule has 0 aromatic heterocycles. The van der Waals surface area contributed by atoms with Crippen molar-refractivity contribution >= 4 is 21.5 Å². The summed E-state index contributed by atoms with van der Waals surface area (Å²) < 4.78 is 6.23. The summed E-state index contributed by atoms with van der Waals surface area (Å²) in [4.78, 5) is 0. The van der Waals surface area contributed by atoms with Gasteiger partial charge >= 0.3 is 0 Å². The summed E-state index contributed by atoms with van der Waals surface area (Å²) in [6.07, 6.45) is 1.85. The average molecular weight is 250 g/mol. The second-order valence-corrected chi connectivity index (χ2v) is 21.5. The molecule has 0 aliphatic rings. The topological polar surface area (TPSA) is 9.23 Å². The lowest BCUT2D eigenvalue weighted by Crippen LogP contribution is -2.57. The number of rotatable bonds is 4. The van der Waals surface area contributed by atoms with E-state index in [1.807, 2.05) is 18.2 Å². The van der Waals surface area contributed by atoms with E-state index in [1.165, 1.54) is 0 Å². The van der Waals surface area contributed by atoms with E-state index in [0.717, 1.165) is 11.3 Å². The minimum absolute atomic E-state index is 1.00. The second kappa shape index (κ2) is 4.59. The van der Waals surface area contributed by atoms with Gasteiger partial charge in [0, 0.05) is 0 Å². The third-order valence-electron chi connectivity index (χ3n) is 3.29. The van der Waals surface area contributed by atoms with Crippen molar-refractivity contribution < 1.29 is 4.43 Å². The summed E-state index contributed by atoms with van der Waals surface area (Å²) in [5.74, 6) is 1.00. The van der Waals surface area contributed by atoms with Gasteiger partial charge in [0.15, 0.2) is 0 Å². The molecule has 0 unspecified atom stereocenters. The molecule has 3 heteroatoms. The van der Waals surface area contributed by atoms with Crippen molar-refractivity contribution in [3.63, 3.8) is 0 Å². The van der Waals surface area contributed by atoms with Crippen LogP contribution in [0.4, 0.5) is 0 Å². The van der Waals surface area contributed by atoms with Crippen molar-refractivity contribution in [2.24, 2.45) is 0 Å². The SMILES string of the molecule is C=Cc1ccc(O[Si](C)(C)[Si](C)(C)C)cc1. The van der Waals surface area contributed by atoms with Crippen LogP contribution in [-0.4, -0.2) is 15.4 Å². The fraction of sp³-hybridized carbons (Fsp3) is 0.385. The molecule has 88 valence electrons. The summed E-state index contributed by atoms with van der Waals surface area (Å²) in [6.45, 7) is 15.5. The van der Waals surface area contributed by atoms with E-state index in [2.05, 4.69) is 51.4 Å². The Kier molecular flexibility index (Phi) is 3.81. The van der Waals surface area contributed by atoms with Gasteiger partial charge in [-0.1, -0.05) is 44.4 Å². The Labute approximate surface area is 101 Å². The number of hydrogen-bond acceptors (Lipinski definition) is 1. The van der Waals surface area contributed by atoms with Crippen molar-refractivity contribution in [2.45, 2.75) is 32.7 Å². The highest BCUT2D eigenvalue weighted by molar-refractivity contribution is 7.38. The van der Waals surface area contributed by atoms with Crippen LogP contribution in [0.5, 0.6) is 5.75 Å². The third kappa shape index (κ3) is 3.09. The molecule has 0 spiro atoms. The van der Waals surface area contributed by atoms with E-state index in [-0.39, 0.29) is 0 Å². The van der Waals surface area contributed by atoms with Gasteiger partial charge < -0.3 is 4.43 Å². The fourth-order valence-corrected chi connectivity index (χ4v) is 3.42. The molecule has 0 radical (unpaired) electrons. The smallest absolute Gasteiger partial charge is 0.228 e. The van der Waals surface area contributed by atoms with Gasteiger partial charge in [-0.25, -0.2) is 0 Å². The maximum Gasteiger partial charge on any atom is 0.228 e. The summed E-state index contributed by atoms with van der Waals surface area (Å²) in [5.41, 5.74) is 1.14. The summed E-state index contributed by atoms with van der Waals surface area (Å²) in [7, 11) is -2.75. The van der Waals surface area contributed by atoms with Gasteiger partial charge in [0.1, 0.15) is 5.75 Å². The van der Waals surface area contributed by atoms with Crippen LogP contribution in [0.25, 0.3) is 6.08 Å². The summed E-state index contributed by atoms with van der Waals surface area (Å²) in [6, 6.07) is 8.20. The third-order valence-corrected chi connectivity index (χ3v) is 18.8. The predicted molar refractivity (Wildman–Crippen MR) is 78.0 cm³/mol. The molecule has 16 heavy (non-hydrogen) atoms. The van der Waals surface area contributed by atoms with E-state index in [1.54, 1.807) is 0 Å². The molecule has 0 bridgehead atoms. The van der Waals surface area contributed by atoms with Gasteiger partial charge in [-0.2, -0.15) is 0 Å². The lowest BCUT2D eigenvalue weighted by molar-refractivity contribution is 0.568. The van der Waals surface area contributed by atoms with Crippen LogP contribution >= 0.6 is 0 Å². The molecular weight excluding hydrogens is 228 g/mol. The summed E-state index contributed by atoms with van der Waals surface area (Å²) in [5, 5.41) is 0. The predicted octanol–water partition coefficient (Wildman–Crippen LogP) is 4.33.